The van der Waals surface area contributed by atoms with Crippen LogP contribution in [0.5, 0.6) is 11.5 Å². The second kappa shape index (κ2) is 9.24. The van der Waals surface area contributed by atoms with Gasteiger partial charge in [-0.2, -0.15) is 4.31 Å². The van der Waals surface area contributed by atoms with Crippen LogP contribution in [0.25, 0.3) is 0 Å². The number of piperidine rings is 1. The van der Waals surface area contributed by atoms with Gasteiger partial charge < -0.3 is 14.8 Å². The van der Waals surface area contributed by atoms with E-state index in [1.54, 1.807) is 13.2 Å². The molecule has 0 saturated carbocycles. The fourth-order valence-corrected chi connectivity index (χ4v) is 5.29. The molecule has 1 aliphatic rings. The highest BCUT2D eigenvalue weighted by Crippen LogP contribution is 2.31. The molecule has 9 heteroatoms. The standard InChI is InChI=1S/C21H25ClN2O5S/c1-14-4-6-20(29-3)18(12-14)23-21(25)15-8-10-24(11-9-15)30(26,27)16-5-7-19(28-2)17(22)13-16/h4-7,12-13,15H,8-11H2,1-3H3,(H,23,25). The lowest BCUT2D eigenvalue weighted by molar-refractivity contribution is -0.120. The van der Waals surface area contributed by atoms with Crippen LogP contribution < -0.4 is 14.8 Å². The molecule has 2 aromatic rings. The molecule has 1 N–H and O–H groups in total. The summed E-state index contributed by atoms with van der Waals surface area (Å²) in [7, 11) is -0.672. The van der Waals surface area contributed by atoms with Gasteiger partial charge in [0.1, 0.15) is 11.5 Å². The van der Waals surface area contributed by atoms with Crippen molar-refractivity contribution in [3.63, 3.8) is 0 Å². The number of aryl methyl sites for hydroxylation is 1. The fraction of sp³-hybridized carbons (Fsp3) is 0.381. The lowest BCUT2D eigenvalue weighted by Crippen LogP contribution is -2.41. The highest BCUT2D eigenvalue weighted by molar-refractivity contribution is 7.89. The van der Waals surface area contributed by atoms with E-state index in [9.17, 15) is 13.2 Å². The van der Waals surface area contributed by atoms with Gasteiger partial charge >= 0.3 is 0 Å². The minimum absolute atomic E-state index is 0.112. The zero-order valence-electron chi connectivity index (χ0n) is 17.1. The minimum Gasteiger partial charge on any atom is -0.495 e. The zero-order chi connectivity index (χ0) is 21.9. The van der Waals surface area contributed by atoms with Gasteiger partial charge in [0.05, 0.1) is 29.8 Å². The van der Waals surface area contributed by atoms with Crippen molar-refractivity contribution in [1.82, 2.24) is 4.31 Å². The SMILES string of the molecule is COc1ccc(S(=O)(=O)N2CCC(C(=O)Nc3cc(C)ccc3OC)CC2)cc1Cl. The van der Waals surface area contributed by atoms with Crippen molar-refractivity contribution in [2.45, 2.75) is 24.7 Å². The van der Waals surface area contributed by atoms with E-state index in [0.717, 1.165) is 5.56 Å². The summed E-state index contributed by atoms with van der Waals surface area (Å²) >= 11 is 6.08. The Kier molecular flexibility index (Phi) is 6.90. The van der Waals surface area contributed by atoms with Gasteiger partial charge in [0.2, 0.25) is 15.9 Å². The van der Waals surface area contributed by atoms with Crippen LogP contribution >= 0.6 is 11.6 Å². The summed E-state index contributed by atoms with van der Waals surface area (Å²) in [5.74, 6) is 0.590. The van der Waals surface area contributed by atoms with Crippen LogP contribution in [0.4, 0.5) is 5.69 Å². The molecule has 7 nitrogen and oxygen atoms in total. The van der Waals surface area contributed by atoms with E-state index in [2.05, 4.69) is 5.32 Å². The number of carbonyl (C=O) groups is 1. The van der Waals surface area contributed by atoms with Crippen molar-refractivity contribution >= 4 is 33.2 Å². The Morgan fingerprint density at radius 2 is 1.70 bits per heavy atom. The molecule has 1 heterocycles. The lowest BCUT2D eigenvalue weighted by Gasteiger charge is -2.30. The molecule has 3 rings (SSSR count). The van der Waals surface area contributed by atoms with Crippen LogP contribution in [-0.4, -0.2) is 45.9 Å². The lowest BCUT2D eigenvalue weighted by atomic mass is 9.97. The van der Waals surface area contributed by atoms with E-state index in [1.807, 2.05) is 19.1 Å². The summed E-state index contributed by atoms with van der Waals surface area (Å²) < 4.78 is 37.6. The summed E-state index contributed by atoms with van der Waals surface area (Å²) in [4.78, 5) is 12.8. The summed E-state index contributed by atoms with van der Waals surface area (Å²) in [5.41, 5.74) is 1.62. The van der Waals surface area contributed by atoms with Crippen LogP contribution in [0.1, 0.15) is 18.4 Å². The number of anilines is 1. The average molecular weight is 453 g/mol. The Hall–Kier alpha value is -2.29. The molecule has 0 unspecified atom stereocenters. The maximum absolute atomic E-state index is 12.9. The number of ether oxygens (including phenoxy) is 2. The van der Waals surface area contributed by atoms with Gasteiger partial charge in [-0.15, -0.1) is 0 Å². The molecule has 1 saturated heterocycles. The molecule has 1 amide bonds. The molecule has 2 aromatic carbocycles. The number of rotatable bonds is 6. The van der Waals surface area contributed by atoms with Crippen molar-refractivity contribution in [2.75, 3.05) is 32.6 Å². The van der Waals surface area contributed by atoms with E-state index in [0.29, 0.717) is 30.0 Å². The maximum atomic E-state index is 12.9. The topological polar surface area (TPSA) is 84.9 Å². The number of methoxy groups -OCH3 is 2. The smallest absolute Gasteiger partial charge is 0.243 e. The molecule has 0 radical (unpaired) electrons. The number of nitrogens with one attached hydrogen (secondary N) is 1. The van der Waals surface area contributed by atoms with Crippen LogP contribution in [-0.2, 0) is 14.8 Å². The first-order chi connectivity index (χ1) is 14.3. The molecule has 0 aromatic heterocycles. The number of halogens is 1. The zero-order valence-corrected chi connectivity index (χ0v) is 18.7. The third-order valence-corrected chi connectivity index (χ3v) is 7.39. The van der Waals surface area contributed by atoms with Crippen molar-refractivity contribution < 1.29 is 22.7 Å². The largest absolute Gasteiger partial charge is 0.495 e. The number of sulfonamides is 1. The predicted molar refractivity (Wildman–Crippen MR) is 116 cm³/mol. The van der Waals surface area contributed by atoms with Crippen molar-refractivity contribution in [3.05, 3.63) is 47.0 Å². The first-order valence-corrected chi connectivity index (χ1v) is 11.4. The maximum Gasteiger partial charge on any atom is 0.243 e. The number of nitrogens with zero attached hydrogens (tertiary/aromatic N) is 1. The normalized spacial score (nSPS) is 15.6. The van der Waals surface area contributed by atoms with Crippen LogP contribution in [0, 0.1) is 12.8 Å². The quantitative estimate of drug-likeness (QED) is 0.722. The van der Waals surface area contributed by atoms with Crippen LogP contribution in [0.15, 0.2) is 41.3 Å². The average Bonchev–Trinajstić information content (AvgIpc) is 2.74. The van der Waals surface area contributed by atoms with E-state index in [1.165, 1.54) is 29.6 Å². The van der Waals surface area contributed by atoms with E-state index < -0.39 is 10.0 Å². The molecule has 0 spiro atoms. The first kappa shape index (κ1) is 22.4. The molecule has 1 fully saturated rings. The third kappa shape index (κ3) is 4.71. The highest BCUT2D eigenvalue weighted by Gasteiger charge is 2.32. The van der Waals surface area contributed by atoms with Gasteiger partial charge in [0.25, 0.3) is 0 Å². The Balaban J connectivity index is 1.66. The summed E-state index contributed by atoms with van der Waals surface area (Å²) in [6.07, 6.45) is 0.867. The Labute approximate surface area is 182 Å². The van der Waals surface area contributed by atoms with Crippen LogP contribution in [0.2, 0.25) is 5.02 Å². The third-order valence-electron chi connectivity index (χ3n) is 5.20. The van der Waals surface area contributed by atoms with Crippen molar-refractivity contribution in [3.8, 4) is 11.5 Å². The Bertz CT molecular complexity index is 1030. The van der Waals surface area contributed by atoms with Gasteiger partial charge in [-0.3, -0.25) is 4.79 Å². The predicted octanol–water partition coefficient (Wildman–Crippen LogP) is 3.71. The minimum atomic E-state index is -3.69. The van der Waals surface area contributed by atoms with Gasteiger partial charge in [0, 0.05) is 19.0 Å². The second-order valence-electron chi connectivity index (χ2n) is 7.17. The van der Waals surface area contributed by atoms with Gasteiger partial charge in [0.15, 0.2) is 0 Å². The molecular formula is C21H25ClN2O5S. The van der Waals surface area contributed by atoms with E-state index in [4.69, 9.17) is 21.1 Å². The molecular weight excluding hydrogens is 428 g/mol. The van der Waals surface area contributed by atoms with Gasteiger partial charge in [-0.1, -0.05) is 17.7 Å². The Morgan fingerprint density at radius 3 is 2.30 bits per heavy atom. The monoisotopic (exact) mass is 452 g/mol. The molecule has 0 bridgehead atoms. The number of benzene rings is 2. The van der Waals surface area contributed by atoms with Gasteiger partial charge in [-0.05, 0) is 55.7 Å². The number of hydrogen-bond donors (Lipinski definition) is 1. The van der Waals surface area contributed by atoms with Crippen LogP contribution in [0.3, 0.4) is 0 Å². The van der Waals surface area contributed by atoms with E-state index >= 15 is 0 Å². The molecule has 0 aliphatic carbocycles. The number of carbonyl (C=O) groups excluding carboxylic acids is 1. The molecule has 1 aliphatic heterocycles. The number of amides is 1. The summed E-state index contributed by atoms with van der Waals surface area (Å²) in [6, 6.07) is 9.96. The van der Waals surface area contributed by atoms with Gasteiger partial charge in [-0.25, -0.2) is 8.42 Å². The fourth-order valence-electron chi connectivity index (χ4n) is 3.47. The van der Waals surface area contributed by atoms with Crippen molar-refractivity contribution in [2.24, 2.45) is 5.92 Å². The number of hydrogen-bond acceptors (Lipinski definition) is 5. The van der Waals surface area contributed by atoms with Crippen molar-refractivity contribution in [1.29, 1.82) is 0 Å². The molecule has 0 atom stereocenters. The first-order valence-electron chi connectivity index (χ1n) is 9.55. The van der Waals surface area contributed by atoms with E-state index in [-0.39, 0.29) is 34.8 Å². The summed E-state index contributed by atoms with van der Waals surface area (Å²) in [6.45, 7) is 2.45. The molecule has 162 valence electrons. The highest BCUT2D eigenvalue weighted by atomic mass is 35.5. The second-order valence-corrected chi connectivity index (χ2v) is 9.51. The Morgan fingerprint density at radius 1 is 1.07 bits per heavy atom. The molecule has 30 heavy (non-hydrogen) atoms. The summed E-state index contributed by atoms with van der Waals surface area (Å²) in [5, 5.41) is 3.15.